The van der Waals surface area contributed by atoms with Crippen molar-refractivity contribution in [3.63, 3.8) is 0 Å². The second-order valence-electron chi connectivity index (χ2n) is 5.63. The Hall–Kier alpha value is -0.0800. The van der Waals surface area contributed by atoms with E-state index in [1.54, 1.807) is 0 Å². The monoisotopic (exact) mass is 198 g/mol. The van der Waals surface area contributed by atoms with E-state index < -0.39 is 0 Å². The largest absolute Gasteiger partial charge is 0.324 e. The van der Waals surface area contributed by atoms with E-state index >= 15 is 0 Å². The van der Waals surface area contributed by atoms with Crippen LogP contribution in [0, 0.1) is 11.3 Å². The van der Waals surface area contributed by atoms with E-state index in [1.807, 2.05) is 0 Å². The minimum atomic E-state index is -0.0347. The lowest BCUT2D eigenvalue weighted by Crippen LogP contribution is -2.47. The van der Waals surface area contributed by atoms with Crippen molar-refractivity contribution in [3.05, 3.63) is 0 Å². The Labute approximate surface area is 88.6 Å². The summed E-state index contributed by atoms with van der Waals surface area (Å²) < 4.78 is 0. The third-order valence-corrected chi connectivity index (χ3v) is 3.93. The van der Waals surface area contributed by atoms with Gasteiger partial charge in [-0.15, -0.1) is 0 Å². The molecule has 84 valence electrons. The summed E-state index contributed by atoms with van der Waals surface area (Å²) in [6, 6.07) is 0. The topological polar surface area (TPSA) is 38.0 Å². The van der Waals surface area contributed by atoms with E-state index in [2.05, 4.69) is 33.0 Å². The SMILES string of the molecule is CCC(C)(N)CNCC1(C(C)C)CC1. The van der Waals surface area contributed by atoms with E-state index in [4.69, 9.17) is 5.73 Å². The van der Waals surface area contributed by atoms with Gasteiger partial charge < -0.3 is 11.1 Å². The van der Waals surface area contributed by atoms with E-state index in [-0.39, 0.29) is 5.54 Å². The smallest absolute Gasteiger partial charge is 0.0249 e. The third-order valence-electron chi connectivity index (χ3n) is 3.93. The van der Waals surface area contributed by atoms with E-state index in [0.29, 0.717) is 5.41 Å². The van der Waals surface area contributed by atoms with Crippen LogP contribution in [0.4, 0.5) is 0 Å². The van der Waals surface area contributed by atoms with Crippen molar-refractivity contribution in [2.75, 3.05) is 13.1 Å². The highest BCUT2D eigenvalue weighted by Crippen LogP contribution is 2.51. The maximum absolute atomic E-state index is 6.08. The first-order chi connectivity index (χ1) is 6.42. The van der Waals surface area contributed by atoms with Gasteiger partial charge in [0.15, 0.2) is 0 Å². The standard InChI is InChI=1S/C12H26N2/c1-5-11(4,13)8-14-9-12(6-7-12)10(2)3/h10,14H,5-9,13H2,1-4H3. The molecule has 1 rings (SSSR count). The molecule has 1 unspecified atom stereocenters. The molecule has 1 atom stereocenters. The highest BCUT2D eigenvalue weighted by atomic mass is 14.9. The molecule has 1 aliphatic carbocycles. The van der Waals surface area contributed by atoms with Crippen LogP contribution in [0.1, 0.15) is 47.0 Å². The molecular formula is C12H26N2. The van der Waals surface area contributed by atoms with Gasteiger partial charge in [-0.05, 0) is 37.5 Å². The summed E-state index contributed by atoms with van der Waals surface area (Å²) in [6.07, 6.45) is 3.82. The second kappa shape index (κ2) is 4.19. The minimum Gasteiger partial charge on any atom is -0.324 e. The molecule has 0 bridgehead atoms. The average molecular weight is 198 g/mol. The van der Waals surface area contributed by atoms with E-state index in [1.165, 1.54) is 12.8 Å². The zero-order valence-corrected chi connectivity index (χ0v) is 10.2. The van der Waals surface area contributed by atoms with Crippen LogP contribution in [0.5, 0.6) is 0 Å². The van der Waals surface area contributed by atoms with Crippen molar-refractivity contribution in [2.24, 2.45) is 17.1 Å². The van der Waals surface area contributed by atoms with E-state index in [9.17, 15) is 0 Å². The molecule has 0 aromatic heterocycles. The van der Waals surface area contributed by atoms with Crippen LogP contribution >= 0.6 is 0 Å². The highest BCUT2D eigenvalue weighted by Gasteiger charge is 2.44. The first-order valence-corrected chi connectivity index (χ1v) is 5.91. The third kappa shape index (κ3) is 2.96. The van der Waals surface area contributed by atoms with Crippen LogP contribution in [0.15, 0.2) is 0 Å². The van der Waals surface area contributed by atoms with Gasteiger partial charge in [0, 0.05) is 18.6 Å². The summed E-state index contributed by atoms with van der Waals surface area (Å²) in [5, 5.41) is 3.54. The second-order valence-corrected chi connectivity index (χ2v) is 5.63. The summed E-state index contributed by atoms with van der Waals surface area (Å²) in [6.45, 7) is 11.0. The van der Waals surface area contributed by atoms with Crippen LogP contribution in [-0.4, -0.2) is 18.6 Å². The summed E-state index contributed by atoms with van der Waals surface area (Å²) in [4.78, 5) is 0. The van der Waals surface area contributed by atoms with Crippen molar-refractivity contribution in [1.29, 1.82) is 0 Å². The number of rotatable bonds is 6. The fraction of sp³-hybridized carbons (Fsp3) is 1.00. The van der Waals surface area contributed by atoms with Crippen LogP contribution in [0.2, 0.25) is 0 Å². The first kappa shape index (κ1) is 12.0. The van der Waals surface area contributed by atoms with Gasteiger partial charge in [0.25, 0.3) is 0 Å². The lowest BCUT2D eigenvalue weighted by atomic mass is 9.92. The fourth-order valence-corrected chi connectivity index (χ4v) is 1.84. The maximum atomic E-state index is 6.08. The number of nitrogens with two attached hydrogens (primary N) is 1. The van der Waals surface area contributed by atoms with Crippen molar-refractivity contribution >= 4 is 0 Å². The Kier molecular flexibility index (Phi) is 3.59. The van der Waals surface area contributed by atoms with Gasteiger partial charge in [0.05, 0.1) is 0 Å². The Morgan fingerprint density at radius 1 is 1.43 bits per heavy atom. The normalized spacial score (nSPS) is 23.6. The van der Waals surface area contributed by atoms with Crippen molar-refractivity contribution in [3.8, 4) is 0 Å². The quantitative estimate of drug-likeness (QED) is 0.686. The Balaban J connectivity index is 2.22. The molecule has 0 aromatic carbocycles. The summed E-state index contributed by atoms with van der Waals surface area (Å²) in [5.74, 6) is 0.806. The lowest BCUT2D eigenvalue weighted by Gasteiger charge is -2.26. The summed E-state index contributed by atoms with van der Waals surface area (Å²) in [5.41, 5.74) is 6.65. The highest BCUT2D eigenvalue weighted by molar-refractivity contribution is 4.97. The van der Waals surface area contributed by atoms with Crippen LogP contribution < -0.4 is 11.1 Å². The number of hydrogen-bond acceptors (Lipinski definition) is 2. The molecule has 1 saturated carbocycles. The van der Waals surface area contributed by atoms with Gasteiger partial charge in [-0.25, -0.2) is 0 Å². The predicted octanol–water partition coefficient (Wildman–Crippen LogP) is 2.14. The molecule has 1 aliphatic rings. The Morgan fingerprint density at radius 2 is 2.00 bits per heavy atom. The molecule has 1 fully saturated rings. The predicted molar refractivity (Wildman–Crippen MR) is 62.3 cm³/mol. The van der Waals surface area contributed by atoms with E-state index in [0.717, 1.165) is 25.4 Å². The lowest BCUT2D eigenvalue weighted by molar-refractivity contribution is 0.316. The van der Waals surface area contributed by atoms with Gasteiger partial charge in [-0.3, -0.25) is 0 Å². The summed E-state index contributed by atoms with van der Waals surface area (Å²) >= 11 is 0. The summed E-state index contributed by atoms with van der Waals surface area (Å²) in [7, 11) is 0. The molecule has 0 saturated heterocycles. The molecule has 2 nitrogen and oxygen atoms in total. The molecule has 0 spiro atoms. The Bertz CT molecular complexity index is 181. The molecule has 2 heteroatoms. The van der Waals surface area contributed by atoms with Crippen LogP contribution in [-0.2, 0) is 0 Å². The Morgan fingerprint density at radius 3 is 2.36 bits per heavy atom. The van der Waals surface area contributed by atoms with Crippen LogP contribution in [0.25, 0.3) is 0 Å². The van der Waals surface area contributed by atoms with Crippen molar-refractivity contribution in [2.45, 2.75) is 52.5 Å². The van der Waals surface area contributed by atoms with Crippen molar-refractivity contribution in [1.82, 2.24) is 5.32 Å². The molecule has 0 aromatic rings. The molecule has 3 N–H and O–H groups in total. The minimum absolute atomic E-state index is 0.0347. The first-order valence-electron chi connectivity index (χ1n) is 5.91. The van der Waals surface area contributed by atoms with Gasteiger partial charge in [0.2, 0.25) is 0 Å². The zero-order chi connectivity index (χ0) is 10.8. The molecule has 0 amide bonds. The molecule has 0 heterocycles. The van der Waals surface area contributed by atoms with Gasteiger partial charge in [-0.2, -0.15) is 0 Å². The molecular weight excluding hydrogens is 172 g/mol. The number of nitrogens with one attached hydrogen (secondary N) is 1. The molecule has 0 aliphatic heterocycles. The van der Waals surface area contributed by atoms with Gasteiger partial charge in [-0.1, -0.05) is 20.8 Å². The van der Waals surface area contributed by atoms with Crippen LogP contribution in [0.3, 0.4) is 0 Å². The molecule has 0 radical (unpaired) electrons. The van der Waals surface area contributed by atoms with Gasteiger partial charge >= 0.3 is 0 Å². The molecule has 14 heavy (non-hydrogen) atoms. The van der Waals surface area contributed by atoms with Crippen molar-refractivity contribution < 1.29 is 0 Å². The zero-order valence-electron chi connectivity index (χ0n) is 10.2. The fourth-order valence-electron chi connectivity index (χ4n) is 1.84. The van der Waals surface area contributed by atoms with Gasteiger partial charge in [0.1, 0.15) is 0 Å². The maximum Gasteiger partial charge on any atom is 0.0249 e. The number of hydrogen-bond donors (Lipinski definition) is 2. The average Bonchev–Trinajstić information content (AvgIpc) is 2.85.